The molecular formula is C29H28FNO2. The summed E-state index contributed by atoms with van der Waals surface area (Å²) in [5.74, 6) is -1.30. The standard InChI is InChI=1S/C29H28FNO2/c1-19-6-5-7-21(14-19)18-31-20(2)25-16-22-8-3-4-9-26(22)27(17-25)23-10-12-28(30)24(15-23)11-13-29(32)33/h3-10,12,14-17,20,31H,11,13,18H2,1-2H3,(H,32,33). The molecule has 0 saturated carbocycles. The zero-order chi connectivity index (χ0) is 23.4. The third-order valence-electron chi connectivity index (χ3n) is 6.04. The van der Waals surface area contributed by atoms with Crippen molar-refractivity contribution in [3.05, 3.63) is 107 Å². The Kier molecular flexibility index (Phi) is 6.85. The lowest BCUT2D eigenvalue weighted by molar-refractivity contribution is -0.136. The number of rotatable bonds is 8. The van der Waals surface area contributed by atoms with Gasteiger partial charge in [0, 0.05) is 19.0 Å². The van der Waals surface area contributed by atoms with Crippen molar-refractivity contribution in [2.75, 3.05) is 0 Å². The summed E-state index contributed by atoms with van der Waals surface area (Å²) in [4.78, 5) is 11.0. The van der Waals surface area contributed by atoms with E-state index in [-0.39, 0.29) is 24.7 Å². The fourth-order valence-electron chi connectivity index (χ4n) is 4.21. The molecular weight excluding hydrogens is 413 g/mol. The highest BCUT2D eigenvalue weighted by atomic mass is 19.1. The fourth-order valence-corrected chi connectivity index (χ4v) is 4.21. The van der Waals surface area contributed by atoms with E-state index < -0.39 is 5.97 Å². The Morgan fingerprint density at radius 3 is 2.61 bits per heavy atom. The zero-order valence-electron chi connectivity index (χ0n) is 18.9. The van der Waals surface area contributed by atoms with Gasteiger partial charge in [0.05, 0.1) is 0 Å². The Bertz CT molecular complexity index is 1300. The summed E-state index contributed by atoms with van der Waals surface area (Å²) in [5.41, 5.74) is 5.96. The van der Waals surface area contributed by atoms with Crippen LogP contribution in [0.15, 0.2) is 78.9 Å². The molecule has 0 aromatic heterocycles. The molecule has 0 saturated heterocycles. The van der Waals surface area contributed by atoms with Gasteiger partial charge in [-0.3, -0.25) is 4.79 Å². The average molecular weight is 442 g/mol. The number of nitrogens with one attached hydrogen (secondary N) is 1. The number of aryl methyl sites for hydroxylation is 2. The van der Waals surface area contributed by atoms with Gasteiger partial charge in [-0.25, -0.2) is 4.39 Å². The smallest absolute Gasteiger partial charge is 0.303 e. The second kappa shape index (κ2) is 9.97. The molecule has 4 rings (SSSR count). The normalized spacial score (nSPS) is 12.1. The second-order valence-corrected chi connectivity index (χ2v) is 8.58. The molecule has 33 heavy (non-hydrogen) atoms. The summed E-state index contributed by atoms with van der Waals surface area (Å²) in [7, 11) is 0. The monoisotopic (exact) mass is 441 g/mol. The van der Waals surface area contributed by atoms with E-state index in [0.29, 0.717) is 5.56 Å². The van der Waals surface area contributed by atoms with Crippen LogP contribution in [0.1, 0.15) is 41.6 Å². The van der Waals surface area contributed by atoms with Crippen LogP contribution in [0.25, 0.3) is 21.9 Å². The molecule has 4 aromatic carbocycles. The van der Waals surface area contributed by atoms with Gasteiger partial charge in [-0.1, -0.05) is 60.2 Å². The van der Waals surface area contributed by atoms with E-state index >= 15 is 0 Å². The minimum absolute atomic E-state index is 0.0962. The SMILES string of the molecule is Cc1cccc(CNC(C)c2cc(-c3ccc(F)c(CCC(=O)O)c3)c3ccccc3c2)c1. The summed E-state index contributed by atoms with van der Waals surface area (Å²) in [5, 5.41) is 14.8. The number of carboxylic acid groups (broad SMARTS) is 1. The number of hydrogen-bond donors (Lipinski definition) is 2. The predicted octanol–water partition coefficient (Wildman–Crippen LogP) is 6.82. The van der Waals surface area contributed by atoms with Crippen molar-refractivity contribution in [2.45, 2.75) is 39.3 Å². The molecule has 0 heterocycles. The Labute approximate surface area is 193 Å². The summed E-state index contributed by atoms with van der Waals surface area (Å²) < 4.78 is 14.3. The van der Waals surface area contributed by atoms with Crippen LogP contribution in [0, 0.1) is 12.7 Å². The van der Waals surface area contributed by atoms with E-state index in [1.54, 1.807) is 12.1 Å². The fraction of sp³-hybridized carbons (Fsp3) is 0.207. The molecule has 168 valence electrons. The summed E-state index contributed by atoms with van der Waals surface area (Å²) in [6.07, 6.45) is 0.0716. The number of aliphatic carboxylic acids is 1. The number of benzene rings is 4. The summed E-state index contributed by atoms with van der Waals surface area (Å²) >= 11 is 0. The van der Waals surface area contributed by atoms with Gasteiger partial charge in [0.2, 0.25) is 0 Å². The molecule has 0 radical (unpaired) electrons. The Morgan fingerprint density at radius 1 is 1.00 bits per heavy atom. The van der Waals surface area contributed by atoms with Crippen molar-refractivity contribution in [2.24, 2.45) is 0 Å². The van der Waals surface area contributed by atoms with Gasteiger partial charge in [0.25, 0.3) is 0 Å². The van der Waals surface area contributed by atoms with Crippen molar-refractivity contribution >= 4 is 16.7 Å². The number of fused-ring (bicyclic) bond motifs is 1. The highest BCUT2D eigenvalue weighted by Gasteiger charge is 2.13. The lowest BCUT2D eigenvalue weighted by Crippen LogP contribution is -2.18. The zero-order valence-corrected chi connectivity index (χ0v) is 18.9. The van der Waals surface area contributed by atoms with E-state index in [0.717, 1.165) is 34.0 Å². The van der Waals surface area contributed by atoms with E-state index in [9.17, 15) is 9.18 Å². The van der Waals surface area contributed by atoms with Crippen LogP contribution in [0.3, 0.4) is 0 Å². The molecule has 0 spiro atoms. The molecule has 0 bridgehead atoms. The summed E-state index contributed by atoms with van der Waals surface area (Å²) in [6.45, 7) is 5.00. The van der Waals surface area contributed by atoms with Gasteiger partial charge in [-0.05, 0) is 83.1 Å². The largest absolute Gasteiger partial charge is 0.481 e. The van der Waals surface area contributed by atoms with Gasteiger partial charge in [0.1, 0.15) is 5.82 Å². The van der Waals surface area contributed by atoms with Crippen LogP contribution >= 0.6 is 0 Å². The molecule has 3 nitrogen and oxygen atoms in total. The average Bonchev–Trinajstić information content (AvgIpc) is 2.81. The van der Waals surface area contributed by atoms with E-state index in [1.807, 2.05) is 12.1 Å². The van der Waals surface area contributed by atoms with E-state index in [1.165, 1.54) is 17.2 Å². The van der Waals surface area contributed by atoms with Crippen LogP contribution in [-0.4, -0.2) is 11.1 Å². The van der Waals surface area contributed by atoms with Crippen LogP contribution in [0.4, 0.5) is 4.39 Å². The number of carbonyl (C=O) groups is 1. The number of carboxylic acids is 1. The Hall–Kier alpha value is -3.50. The molecule has 1 unspecified atom stereocenters. The Balaban J connectivity index is 1.68. The van der Waals surface area contributed by atoms with Gasteiger partial charge in [-0.2, -0.15) is 0 Å². The Morgan fingerprint density at radius 2 is 1.82 bits per heavy atom. The molecule has 0 aliphatic rings. The predicted molar refractivity (Wildman–Crippen MR) is 132 cm³/mol. The first-order valence-electron chi connectivity index (χ1n) is 11.2. The van der Waals surface area contributed by atoms with Gasteiger partial charge < -0.3 is 10.4 Å². The molecule has 0 aliphatic carbocycles. The maximum Gasteiger partial charge on any atom is 0.303 e. The molecule has 1 atom stereocenters. The molecule has 4 aromatic rings. The van der Waals surface area contributed by atoms with E-state index in [2.05, 4.69) is 67.7 Å². The lowest BCUT2D eigenvalue weighted by atomic mass is 9.92. The van der Waals surface area contributed by atoms with Crippen molar-refractivity contribution in [3.63, 3.8) is 0 Å². The van der Waals surface area contributed by atoms with Crippen LogP contribution in [-0.2, 0) is 17.8 Å². The first-order valence-corrected chi connectivity index (χ1v) is 11.2. The van der Waals surface area contributed by atoms with Crippen LogP contribution < -0.4 is 5.32 Å². The van der Waals surface area contributed by atoms with Crippen molar-refractivity contribution in [1.82, 2.24) is 5.32 Å². The molecule has 2 N–H and O–H groups in total. The highest BCUT2D eigenvalue weighted by Crippen LogP contribution is 2.33. The van der Waals surface area contributed by atoms with Gasteiger partial charge in [0.15, 0.2) is 0 Å². The number of hydrogen-bond acceptors (Lipinski definition) is 2. The molecule has 0 amide bonds. The first kappa shape index (κ1) is 22.7. The van der Waals surface area contributed by atoms with Crippen molar-refractivity contribution in [1.29, 1.82) is 0 Å². The number of halogens is 1. The van der Waals surface area contributed by atoms with Crippen LogP contribution in [0.2, 0.25) is 0 Å². The minimum Gasteiger partial charge on any atom is -0.481 e. The second-order valence-electron chi connectivity index (χ2n) is 8.58. The third-order valence-corrected chi connectivity index (χ3v) is 6.04. The third kappa shape index (κ3) is 5.47. The first-order chi connectivity index (χ1) is 15.9. The molecule has 0 fully saturated rings. The molecule has 0 aliphatic heterocycles. The van der Waals surface area contributed by atoms with Gasteiger partial charge >= 0.3 is 5.97 Å². The summed E-state index contributed by atoms with van der Waals surface area (Å²) in [6, 6.07) is 26.1. The topological polar surface area (TPSA) is 49.3 Å². The van der Waals surface area contributed by atoms with E-state index in [4.69, 9.17) is 5.11 Å². The lowest BCUT2D eigenvalue weighted by Gasteiger charge is -2.18. The maximum absolute atomic E-state index is 14.3. The molecule has 4 heteroatoms. The minimum atomic E-state index is -0.930. The van der Waals surface area contributed by atoms with Crippen molar-refractivity contribution in [3.8, 4) is 11.1 Å². The maximum atomic E-state index is 14.3. The van der Waals surface area contributed by atoms with Crippen molar-refractivity contribution < 1.29 is 14.3 Å². The highest BCUT2D eigenvalue weighted by molar-refractivity contribution is 5.97. The van der Waals surface area contributed by atoms with Gasteiger partial charge in [-0.15, -0.1) is 0 Å². The quantitative estimate of drug-likeness (QED) is 0.315. The van der Waals surface area contributed by atoms with Crippen LogP contribution in [0.5, 0.6) is 0 Å².